The lowest BCUT2D eigenvalue weighted by atomic mass is 10.1. The quantitative estimate of drug-likeness (QED) is 0.891. The summed E-state index contributed by atoms with van der Waals surface area (Å²) < 4.78 is 18.6. The lowest BCUT2D eigenvalue weighted by molar-refractivity contribution is 0.0558. The van der Waals surface area contributed by atoms with Gasteiger partial charge in [-0.1, -0.05) is 18.2 Å². The van der Waals surface area contributed by atoms with Crippen molar-refractivity contribution in [2.24, 2.45) is 0 Å². The van der Waals surface area contributed by atoms with Crippen LogP contribution in [0.1, 0.15) is 19.4 Å². The molecule has 2 unspecified atom stereocenters. The number of benzene rings is 1. The van der Waals surface area contributed by atoms with Gasteiger partial charge in [0.15, 0.2) is 0 Å². The summed E-state index contributed by atoms with van der Waals surface area (Å²) in [5.74, 6) is -0.350. The van der Waals surface area contributed by atoms with Gasteiger partial charge in [0.05, 0.1) is 0 Å². The minimum absolute atomic E-state index is 0.0329. The molecular weight excluding hydrogens is 247 g/mol. The van der Waals surface area contributed by atoms with Gasteiger partial charge in [-0.3, -0.25) is 0 Å². The number of nitrogens with zero attached hydrogens (tertiary/aromatic N) is 1. The van der Waals surface area contributed by atoms with Gasteiger partial charge in [0.2, 0.25) is 0 Å². The van der Waals surface area contributed by atoms with Crippen molar-refractivity contribution in [2.75, 3.05) is 13.1 Å². The molecule has 0 bridgehead atoms. The van der Waals surface area contributed by atoms with Crippen LogP contribution < -0.4 is 5.32 Å². The van der Waals surface area contributed by atoms with Gasteiger partial charge in [0.1, 0.15) is 12.4 Å². The van der Waals surface area contributed by atoms with Crippen LogP contribution in [0.25, 0.3) is 0 Å². The van der Waals surface area contributed by atoms with Crippen LogP contribution in [0.15, 0.2) is 24.3 Å². The second-order valence-electron chi connectivity index (χ2n) is 4.91. The third-order valence-electron chi connectivity index (χ3n) is 3.35. The minimum Gasteiger partial charge on any atom is -0.444 e. The molecule has 2 atom stereocenters. The number of ether oxygens (including phenoxy) is 1. The Balaban J connectivity index is 1.95. The Labute approximate surface area is 112 Å². The molecule has 5 heteroatoms. The van der Waals surface area contributed by atoms with E-state index in [-0.39, 0.29) is 30.6 Å². The molecule has 19 heavy (non-hydrogen) atoms. The van der Waals surface area contributed by atoms with Crippen LogP contribution in [-0.4, -0.2) is 36.2 Å². The van der Waals surface area contributed by atoms with Crippen LogP contribution in [0.3, 0.4) is 0 Å². The van der Waals surface area contributed by atoms with Crippen molar-refractivity contribution >= 4 is 6.09 Å². The van der Waals surface area contributed by atoms with Gasteiger partial charge in [-0.25, -0.2) is 9.18 Å². The second-order valence-corrected chi connectivity index (χ2v) is 4.91. The maximum absolute atomic E-state index is 13.4. The largest absolute Gasteiger partial charge is 0.444 e. The summed E-state index contributed by atoms with van der Waals surface area (Å²) >= 11 is 0. The number of hydrogen-bond acceptors (Lipinski definition) is 3. The van der Waals surface area contributed by atoms with Crippen LogP contribution >= 0.6 is 0 Å². The van der Waals surface area contributed by atoms with Gasteiger partial charge >= 0.3 is 6.09 Å². The zero-order valence-corrected chi connectivity index (χ0v) is 11.2. The first-order valence-electron chi connectivity index (χ1n) is 6.49. The van der Waals surface area contributed by atoms with Crippen molar-refractivity contribution in [2.45, 2.75) is 32.5 Å². The number of hydrogen-bond donors (Lipinski definition) is 1. The Morgan fingerprint density at radius 1 is 1.37 bits per heavy atom. The lowest BCUT2D eigenvalue weighted by Gasteiger charge is -2.38. The van der Waals surface area contributed by atoms with E-state index in [0.29, 0.717) is 5.56 Å². The molecule has 104 valence electrons. The number of carbonyl (C=O) groups excluding carboxylic acids is 1. The molecule has 0 aromatic heterocycles. The smallest absolute Gasteiger partial charge is 0.410 e. The van der Waals surface area contributed by atoms with Crippen molar-refractivity contribution in [3.63, 3.8) is 0 Å². The molecule has 0 spiro atoms. The Morgan fingerprint density at radius 2 is 2.00 bits per heavy atom. The van der Waals surface area contributed by atoms with Gasteiger partial charge < -0.3 is 15.0 Å². The van der Waals surface area contributed by atoms with E-state index < -0.39 is 0 Å². The van der Waals surface area contributed by atoms with Crippen molar-refractivity contribution in [1.82, 2.24) is 10.2 Å². The molecule has 1 saturated heterocycles. The third-order valence-corrected chi connectivity index (χ3v) is 3.35. The molecular formula is C14H19FN2O2. The molecule has 2 rings (SSSR count). The fraction of sp³-hybridized carbons (Fsp3) is 0.500. The first kappa shape index (κ1) is 13.8. The first-order chi connectivity index (χ1) is 9.09. The summed E-state index contributed by atoms with van der Waals surface area (Å²) in [5, 5.41) is 3.24. The number of nitrogens with one attached hydrogen (secondary N) is 1. The Bertz CT molecular complexity index is 443. The minimum atomic E-state index is -0.384. The summed E-state index contributed by atoms with van der Waals surface area (Å²) in [6.07, 6.45) is -0.384. The predicted molar refractivity (Wildman–Crippen MR) is 70.2 cm³/mol. The number of halogens is 1. The monoisotopic (exact) mass is 266 g/mol. The normalized spacial score (nSPS) is 23.2. The number of carbonyl (C=O) groups is 1. The SMILES string of the molecule is CC1CNCC(C)N1C(=O)OCc1ccccc1F. The first-order valence-corrected chi connectivity index (χ1v) is 6.49. The molecule has 1 aliphatic rings. The van der Waals surface area contributed by atoms with E-state index in [1.807, 2.05) is 13.8 Å². The van der Waals surface area contributed by atoms with Crippen LogP contribution in [-0.2, 0) is 11.3 Å². The Hall–Kier alpha value is -1.62. The highest BCUT2D eigenvalue weighted by Gasteiger charge is 2.29. The summed E-state index contributed by atoms with van der Waals surface area (Å²) in [5.41, 5.74) is 0.395. The average Bonchev–Trinajstić information content (AvgIpc) is 2.37. The third kappa shape index (κ3) is 3.23. The fourth-order valence-electron chi connectivity index (χ4n) is 2.32. The van der Waals surface area contributed by atoms with E-state index in [4.69, 9.17) is 4.74 Å². The van der Waals surface area contributed by atoms with Gasteiger partial charge in [0.25, 0.3) is 0 Å². The maximum Gasteiger partial charge on any atom is 0.410 e. The molecule has 0 aliphatic carbocycles. The number of piperazine rings is 1. The molecule has 1 aromatic rings. The molecule has 4 nitrogen and oxygen atoms in total. The van der Waals surface area contributed by atoms with Gasteiger partial charge in [-0.2, -0.15) is 0 Å². The fourth-order valence-corrected chi connectivity index (χ4v) is 2.32. The molecule has 0 radical (unpaired) electrons. The number of amides is 1. The molecule has 1 amide bonds. The van der Waals surface area contributed by atoms with Crippen molar-refractivity contribution in [3.8, 4) is 0 Å². The Morgan fingerprint density at radius 3 is 2.63 bits per heavy atom. The molecule has 1 fully saturated rings. The van der Waals surface area contributed by atoms with Crippen LogP contribution in [0.2, 0.25) is 0 Å². The molecule has 1 N–H and O–H groups in total. The van der Waals surface area contributed by atoms with E-state index in [0.717, 1.165) is 13.1 Å². The summed E-state index contributed by atoms with van der Waals surface area (Å²) in [6.45, 7) is 5.40. The van der Waals surface area contributed by atoms with E-state index in [2.05, 4.69) is 5.32 Å². The zero-order valence-electron chi connectivity index (χ0n) is 11.2. The van der Waals surface area contributed by atoms with Crippen molar-refractivity contribution in [3.05, 3.63) is 35.6 Å². The average molecular weight is 266 g/mol. The predicted octanol–water partition coefficient (Wildman–Crippen LogP) is 2.14. The van der Waals surface area contributed by atoms with Crippen LogP contribution in [0.5, 0.6) is 0 Å². The van der Waals surface area contributed by atoms with E-state index in [1.54, 1.807) is 23.1 Å². The summed E-state index contributed by atoms with van der Waals surface area (Å²) in [7, 11) is 0. The van der Waals surface area contributed by atoms with Crippen molar-refractivity contribution < 1.29 is 13.9 Å². The van der Waals surface area contributed by atoms with Crippen LogP contribution in [0.4, 0.5) is 9.18 Å². The summed E-state index contributed by atoms with van der Waals surface area (Å²) in [6, 6.07) is 6.48. The molecule has 1 aliphatic heterocycles. The highest BCUT2D eigenvalue weighted by atomic mass is 19.1. The number of rotatable bonds is 2. The van der Waals surface area contributed by atoms with E-state index in [1.165, 1.54) is 6.07 Å². The van der Waals surface area contributed by atoms with Gasteiger partial charge in [0, 0.05) is 30.7 Å². The standard InChI is InChI=1S/C14H19FN2O2/c1-10-7-16-8-11(2)17(10)14(18)19-9-12-5-3-4-6-13(12)15/h3-6,10-11,16H,7-9H2,1-2H3. The topological polar surface area (TPSA) is 41.6 Å². The van der Waals surface area contributed by atoms with E-state index in [9.17, 15) is 9.18 Å². The van der Waals surface area contributed by atoms with Gasteiger partial charge in [-0.15, -0.1) is 0 Å². The molecule has 1 heterocycles. The molecule has 1 aromatic carbocycles. The van der Waals surface area contributed by atoms with Crippen molar-refractivity contribution in [1.29, 1.82) is 0 Å². The highest BCUT2D eigenvalue weighted by molar-refractivity contribution is 5.68. The Kier molecular flexibility index (Phi) is 4.37. The summed E-state index contributed by atoms with van der Waals surface area (Å²) in [4.78, 5) is 13.8. The van der Waals surface area contributed by atoms with Gasteiger partial charge in [-0.05, 0) is 19.9 Å². The molecule has 0 saturated carbocycles. The van der Waals surface area contributed by atoms with E-state index >= 15 is 0 Å². The van der Waals surface area contributed by atoms with Crippen LogP contribution in [0, 0.1) is 5.82 Å². The highest BCUT2D eigenvalue weighted by Crippen LogP contribution is 2.14. The second kappa shape index (κ2) is 6.02. The maximum atomic E-state index is 13.4. The zero-order chi connectivity index (χ0) is 13.8. The lowest BCUT2D eigenvalue weighted by Crippen LogP contribution is -2.57.